The first-order chi connectivity index (χ1) is 8.99. The van der Waals surface area contributed by atoms with Gasteiger partial charge in [-0.1, -0.05) is 6.92 Å². The first-order valence-electron chi connectivity index (χ1n) is 6.55. The normalized spacial score (nSPS) is 22.3. The molecule has 0 aliphatic carbocycles. The third-order valence-electron chi connectivity index (χ3n) is 3.76. The second kappa shape index (κ2) is 5.61. The fraction of sp³-hybridized carbons (Fsp3) is 0.467. The van der Waals surface area contributed by atoms with Gasteiger partial charge >= 0.3 is 0 Å². The van der Waals surface area contributed by atoms with Crippen LogP contribution in [-0.4, -0.2) is 35.6 Å². The highest BCUT2D eigenvalue weighted by molar-refractivity contribution is 6.00. The van der Waals surface area contributed by atoms with Crippen LogP contribution < -0.4 is 0 Å². The summed E-state index contributed by atoms with van der Waals surface area (Å²) >= 11 is 0. The number of nitrogens with zero attached hydrogens (tertiary/aromatic N) is 1. The monoisotopic (exact) mass is 263 g/mol. The van der Waals surface area contributed by atoms with Crippen LogP contribution in [0.15, 0.2) is 24.3 Å². The molecule has 0 aromatic heterocycles. The van der Waals surface area contributed by atoms with Crippen molar-refractivity contribution >= 4 is 11.6 Å². The molecule has 1 heterocycles. The minimum absolute atomic E-state index is 0.0165. The molecule has 1 aromatic carbocycles. The van der Waals surface area contributed by atoms with Gasteiger partial charge in [-0.2, -0.15) is 0 Å². The summed E-state index contributed by atoms with van der Waals surface area (Å²) in [6.07, 6.45) is 0.502. The summed E-state index contributed by atoms with van der Waals surface area (Å²) in [5, 5.41) is 0. The standard InChI is InChI=1S/C15H18FNO2/c1-10-9-17(8-7-14(10)18)11(2)15(19)12-3-5-13(16)6-4-12/h3-6,10-11H,7-9H2,1-2H3. The van der Waals surface area contributed by atoms with E-state index in [9.17, 15) is 14.0 Å². The number of ketones is 2. The van der Waals surface area contributed by atoms with Gasteiger partial charge in [-0.15, -0.1) is 0 Å². The summed E-state index contributed by atoms with van der Waals surface area (Å²) in [5.74, 6) is -0.127. The first-order valence-corrected chi connectivity index (χ1v) is 6.55. The van der Waals surface area contributed by atoms with Gasteiger partial charge in [0.1, 0.15) is 11.6 Å². The van der Waals surface area contributed by atoms with E-state index in [2.05, 4.69) is 0 Å². The van der Waals surface area contributed by atoms with E-state index < -0.39 is 0 Å². The molecule has 0 amide bonds. The van der Waals surface area contributed by atoms with Crippen molar-refractivity contribution in [3.8, 4) is 0 Å². The van der Waals surface area contributed by atoms with Gasteiger partial charge in [0.2, 0.25) is 0 Å². The number of piperidine rings is 1. The zero-order valence-corrected chi connectivity index (χ0v) is 11.2. The Labute approximate surface area is 112 Å². The maximum absolute atomic E-state index is 12.8. The van der Waals surface area contributed by atoms with Gasteiger partial charge in [-0.05, 0) is 31.2 Å². The lowest BCUT2D eigenvalue weighted by Gasteiger charge is -2.34. The van der Waals surface area contributed by atoms with Crippen LogP contribution >= 0.6 is 0 Å². The summed E-state index contributed by atoms with van der Waals surface area (Å²) in [6.45, 7) is 4.97. The molecular formula is C15H18FNO2. The molecule has 1 aliphatic heterocycles. The van der Waals surface area contributed by atoms with Crippen LogP contribution in [0.25, 0.3) is 0 Å². The molecule has 102 valence electrons. The van der Waals surface area contributed by atoms with Crippen LogP contribution in [0.1, 0.15) is 30.6 Å². The Bertz CT molecular complexity index is 483. The minimum atomic E-state index is -0.346. The zero-order chi connectivity index (χ0) is 14.0. The van der Waals surface area contributed by atoms with Crippen molar-refractivity contribution in [1.82, 2.24) is 4.90 Å². The van der Waals surface area contributed by atoms with Crippen molar-refractivity contribution < 1.29 is 14.0 Å². The van der Waals surface area contributed by atoms with Crippen LogP contribution in [-0.2, 0) is 4.79 Å². The van der Waals surface area contributed by atoms with Crippen molar-refractivity contribution in [2.45, 2.75) is 26.3 Å². The van der Waals surface area contributed by atoms with E-state index in [1.165, 1.54) is 24.3 Å². The summed E-state index contributed by atoms with van der Waals surface area (Å²) in [7, 11) is 0. The number of Topliss-reactive ketones (excluding diaryl/α,β-unsaturated/α-hetero) is 2. The molecule has 2 unspecified atom stereocenters. The van der Waals surface area contributed by atoms with Gasteiger partial charge in [-0.3, -0.25) is 14.5 Å². The van der Waals surface area contributed by atoms with Gasteiger partial charge < -0.3 is 0 Å². The number of likely N-dealkylation sites (tertiary alicyclic amines) is 1. The van der Waals surface area contributed by atoms with E-state index in [0.29, 0.717) is 25.1 Å². The van der Waals surface area contributed by atoms with E-state index in [1.54, 1.807) is 0 Å². The Morgan fingerprint density at radius 3 is 2.58 bits per heavy atom. The van der Waals surface area contributed by atoms with E-state index in [4.69, 9.17) is 0 Å². The van der Waals surface area contributed by atoms with Gasteiger partial charge in [0.25, 0.3) is 0 Å². The van der Waals surface area contributed by atoms with Crippen molar-refractivity contribution in [3.05, 3.63) is 35.6 Å². The topological polar surface area (TPSA) is 37.4 Å². The smallest absolute Gasteiger partial charge is 0.179 e. The summed E-state index contributed by atoms with van der Waals surface area (Å²) < 4.78 is 12.8. The van der Waals surface area contributed by atoms with Crippen LogP contribution in [0.3, 0.4) is 0 Å². The molecular weight excluding hydrogens is 245 g/mol. The van der Waals surface area contributed by atoms with Crippen molar-refractivity contribution in [2.75, 3.05) is 13.1 Å². The summed E-state index contributed by atoms with van der Waals surface area (Å²) in [5.41, 5.74) is 0.512. The SMILES string of the molecule is CC1CN(C(C)C(=O)c2ccc(F)cc2)CCC1=O. The van der Waals surface area contributed by atoms with Crippen LogP contribution in [0, 0.1) is 11.7 Å². The Morgan fingerprint density at radius 1 is 1.37 bits per heavy atom. The summed E-state index contributed by atoms with van der Waals surface area (Å²) in [6, 6.07) is 5.32. The average molecular weight is 263 g/mol. The maximum Gasteiger partial charge on any atom is 0.179 e. The largest absolute Gasteiger partial charge is 0.299 e. The Morgan fingerprint density at radius 2 is 2.00 bits per heavy atom. The number of hydrogen-bond acceptors (Lipinski definition) is 3. The van der Waals surface area contributed by atoms with Gasteiger partial charge in [-0.25, -0.2) is 4.39 Å². The van der Waals surface area contributed by atoms with Gasteiger partial charge in [0.15, 0.2) is 5.78 Å². The lowest BCUT2D eigenvalue weighted by molar-refractivity contribution is -0.125. The highest BCUT2D eigenvalue weighted by Gasteiger charge is 2.29. The zero-order valence-electron chi connectivity index (χ0n) is 11.2. The lowest BCUT2D eigenvalue weighted by Crippen LogP contribution is -2.47. The third-order valence-corrected chi connectivity index (χ3v) is 3.76. The molecule has 0 bridgehead atoms. The minimum Gasteiger partial charge on any atom is -0.299 e. The molecule has 2 rings (SSSR count). The molecule has 2 atom stereocenters. The molecule has 0 spiro atoms. The Hall–Kier alpha value is -1.55. The molecule has 0 N–H and O–H groups in total. The fourth-order valence-corrected chi connectivity index (χ4v) is 2.42. The molecule has 1 fully saturated rings. The lowest BCUT2D eigenvalue weighted by atomic mass is 9.95. The number of halogens is 1. The molecule has 1 aromatic rings. The number of rotatable bonds is 3. The molecule has 1 aliphatic rings. The molecule has 0 saturated carbocycles. The van der Waals surface area contributed by atoms with Crippen LogP contribution in [0.2, 0.25) is 0 Å². The summed E-state index contributed by atoms with van der Waals surface area (Å²) in [4.78, 5) is 25.8. The molecule has 3 nitrogen and oxygen atoms in total. The van der Waals surface area contributed by atoms with Gasteiger partial charge in [0, 0.05) is 31.0 Å². The maximum atomic E-state index is 12.8. The number of hydrogen-bond donors (Lipinski definition) is 0. The van der Waals surface area contributed by atoms with Crippen molar-refractivity contribution in [2.24, 2.45) is 5.92 Å². The highest BCUT2D eigenvalue weighted by atomic mass is 19.1. The Kier molecular flexibility index (Phi) is 4.10. The second-order valence-corrected chi connectivity index (χ2v) is 5.16. The molecule has 4 heteroatoms. The van der Waals surface area contributed by atoms with Gasteiger partial charge in [0.05, 0.1) is 6.04 Å². The van der Waals surface area contributed by atoms with E-state index in [1.807, 2.05) is 18.7 Å². The van der Waals surface area contributed by atoms with E-state index in [-0.39, 0.29) is 29.3 Å². The van der Waals surface area contributed by atoms with Crippen molar-refractivity contribution in [3.63, 3.8) is 0 Å². The predicted octanol–water partition coefficient (Wildman–Crippen LogP) is 2.31. The second-order valence-electron chi connectivity index (χ2n) is 5.16. The quantitative estimate of drug-likeness (QED) is 0.785. The fourth-order valence-electron chi connectivity index (χ4n) is 2.42. The van der Waals surface area contributed by atoms with E-state index >= 15 is 0 Å². The third kappa shape index (κ3) is 3.07. The van der Waals surface area contributed by atoms with Crippen LogP contribution in [0.5, 0.6) is 0 Å². The van der Waals surface area contributed by atoms with E-state index in [0.717, 1.165) is 0 Å². The molecule has 19 heavy (non-hydrogen) atoms. The highest BCUT2D eigenvalue weighted by Crippen LogP contribution is 2.17. The molecule has 1 saturated heterocycles. The van der Waals surface area contributed by atoms with Crippen LogP contribution in [0.4, 0.5) is 4.39 Å². The predicted molar refractivity (Wildman–Crippen MR) is 70.6 cm³/mol. The number of benzene rings is 1. The molecule has 0 radical (unpaired) electrons. The average Bonchev–Trinajstić information content (AvgIpc) is 2.41. The number of carbonyl (C=O) groups excluding carboxylic acids is 2. The number of carbonyl (C=O) groups is 2. The first kappa shape index (κ1) is 13.9. The van der Waals surface area contributed by atoms with Crippen molar-refractivity contribution in [1.29, 1.82) is 0 Å². The Balaban J connectivity index is 2.07.